The number of hydrogen-bond donors (Lipinski definition) is 1. The largest absolute Gasteiger partial charge is 0.344 e. The van der Waals surface area contributed by atoms with Crippen molar-refractivity contribution in [2.75, 3.05) is 0 Å². The molecule has 1 atom stereocenters. The standard InChI is InChI=1S/C51H32N4S2/c1-3-12-31(13-4-1)49-52-50(32-14-5-2-6-15-32)54-51(53-49)35-24-27-44-39(29-35)38-25-22-34(30-47(38)57-44)33-23-26-45-40(28-33)48-43(20-11-21-46(48)56-45)55-41-18-9-7-16-36(41)37-17-8-10-19-42(37)55/h1-30,51H,(H,52,53,54). The Hall–Kier alpha value is -6.86. The number of rotatable bonds is 5. The minimum atomic E-state index is -0.272. The molecule has 268 valence electrons. The lowest BCUT2D eigenvalue weighted by Gasteiger charge is -2.23. The van der Waals surface area contributed by atoms with Crippen LogP contribution in [0, 0.1) is 0 Å². The third kappa shape index (κ3) is 5.26. The number of hydrogen-bond acceptors (Lipinski definition) is 5. The summed E-state index contributed by atoms with van der Waals surface area (Å²) in [4.78, 5) is 10.1. The summed E-state index contributed by atoms with van der Waals surface area (Å²) in [6.07, 6.45) is -0.272. The Balaban J connectivity index is 0.951. The fourth-order valence-corrected chi connectivity index (χ4v) is 10.8. The van der Waals surface area contributed by atoms with Crippen LogP contribution in [-0.4, -0.2) is 16.2 Å². The zero-order valence-corrected chi connectivity index (χ0v) is 32.2. The van der Waals surface area contributed by atoms with Crippen LogP contribution in [0.1, 0.15) is 22.9 Å². The van der Waals surface area contributed by atoms with Crippen LogP contribution < -0.4 is 5.32 Å². The van der Waals surface area contributed by atoms with Gasteiger partial charge in [-0.1, -0.05) is 127 Å². The number of thiophene rings is 2. The van der Waals surface area contributed by atoms with E-state index in [9.17, 15) is 0 Å². The van der Waals surface area contributed by atoms with Crippen LogP contribution in [0.2, 0.25) is 0 Å². The molecule has 1 unspecified atom stereocenters. The van der Waals surface area contributed by atoms with Crippen molar-refractivity contribution in [3.05, 3.63) is 199 Å². The average Bonchev–Trinajstić information content (AvgIpc) is 3.95. The highest BCUT2D eigenvalue weighted by Gasteiger charge is 2.22. The van der Waals surface area contributed by atoms with E-state index >= 15 is 0 Å². The van der Waals surface area contributed by atoms with Crippen molar-refractivity contribution in [2.24, 2.45) is 9.98 Å². The van der Waals surface area contributed by atoms with E-state index < -0.39 is 0 Å². The maximum atomic E-state index is 5.14. The summed E-state index contributed by atoms with van der Waals surface area (Å²) in [5.74, 6) is 1.56. The molecule has 0 fully saturated rings. The van der Waals surface area contributed by atoms with Crippen LogP contribution in [-0.2, 0) is 0 Å². The third-order valence-corrected chi connectivity index (χ3v) is 13.5. The highest BCUT2D eigenvalue weighted by Crippen LogP contribution is 2.43. The van der Waals surface area contributed by atoms with Crippen LogP contribution in [0.15, 0.2) is 192 Å². The smallest absolute Gasteiger partial charge is 0.159 e. The van der Waals surface area contributed by atoms with Gasteiger partial charge in [-0.15, -0.1) is 22.7 Å². The van der Waals surface area contributed by atoms with E-state index in [1.165, 1.54) is 79.0 Å². The Morgan fingerprint density at radius 1 is 0.439 bits per heavy atom. The van der Waals surface area contributed by atoms with Crippen LogP contribution >= 0.6 is 22.7 Å². The highest BCUT2D eigenvalue weighted by molar-refractivity contribution is 7.26. The molecule has 12 rings (SSSR count). The first-order chi connectivity index (χ1) is 28.2. The zero-order valence-electron chi connectivity index (χ0n) is 30.6. The summed E-state index contributed by atoms with van der Waals surface area (Å²) >= 11 is 3.72. The van der Waals surface area contributed by atoms with Gasteiger partial charge < -0.3 is 9.88 Å². The maximum absolute atomic E-state index is 5.14. The van der Waals surface area contributed by atoms with Crippen LogP contribution in [0.5, 0.6) is 0 Å². The van der Waals surface area contributed by atoms with Gasteiger partial charge >= 0.3 is 0 Å². The number of fused-ring (bicyclic) bond motifs is 9. The molecule has 6 heteroatoms. The Morgan fingerprint density at radius 2 is 1.09 bits per heavy atom. The van der Waals surface area contributed by atoms with Gasteiger partial charge in [0.15, 0.2) is 5.84 Å². The number of para-hydroxylation sites is 2. The molecule has 0 radical (unpaired) electrons. The number of nitrogens with one attached hydrogen (secondary N) is 1. The fourth-order valence-electron chi connectivity index (χ4n) is 8.58. The lowest BCUT2D eigenvalue weighted by molar-refractivity contribution is 0.675. The first kappa shape index (κ1) is 32.4. The second-order valence-corrected chi connectivity index (χ2v) is 16.8. The molecule has 0 aliphatic carbocycles. The van der Waals surface area contributed by atoms with E-state index in [-0.39, 0.29) is 6.17 Å². The molecule has 1 N–H and O–H groups in total. The molecule has 11 aromatic rings. The lowest BCUT2D eigenvalue weighted by atomic mass is 10.0. The second-order valence-electron chi connectivity index (χ2n) is 14.6. The molecule has 57 heavy (non-hydrogen) atoms. The molecular weight excluding hydrogens is 733 g/mol. The van der Waals surface area contributed by atoms with Crippen molar-refractivity contribution in [2.45, 2.75) is 6.17 Å². The first-order valence-corrected chi connectivity index (χ1v) is 20.8. The minimum absolute atomic E-state index is 0.272. The Labute approximate surface area is 336 Å². The molecule has 0 spiro atoms. The molecule has 8 aromatic carbocycles. The van der Waals surface area contributed by atoms with Crippen LogP contribution in [0.3, 0.4) is 0 Å². The predicted molar refractivity (Wildman–Crippen MR) is 244 cm³/mol. The van der Waals surface area contributed by atoms with Crippen molar-refractivity contribution >= 4 is 96.5 Å². The van der Waals surface area contributed by atoms with E-state index in [0.717, 1.165) is 28.4 Å². The Bertz CT molecular complexity index is 3390. The van der Waals surface area contributed by atoms with Crippen molar-refractivity contribution in [1.29, 1.82) is 0 Å². The first-order valence-electron chi connectivity index (χ1n) is 19.2. The third-order valence-electron chi connectivity index (χ3n) is 11.3. The summed E-state index contributed by atoms with van der Waals surface area (Å²) < 4.78 is 7.59. The maximum Gasteiger partial charge on any atom is 0.159 e. The quantitative estimate of drug-likeness (QED) is 0.186. The summed E-state index contributed by atoms with van der Waals surface area (Å²) in [5.41, 5.74) is 9.28. The second kappa shape index (κ2) is 12.8. The molecule has 1 aliphatic heterocycles. The monoisotopic (exact) mass is 764 g/mol. The van der Waals surface area contributed by atoms with Crippen molar-refractivity contribution in [3.63, 3.8) is 0 Å². The van der Waals surface area contributed by atoms with E-state index in [1.807, 2.05) is 59.1 Å². The molecular formula is C51H32N4S2. The van der Waals surface area contributed by atoms with Gasteiger partial charge in [-0.3, -0.25) is 0 Å². The summed E-state index contributed by atoms with van der Waals surface area (Å²) in [6.45, 7) is 0. The fraction of sp³-hybridized carbons (Fsp3) is 0.0196. The molecule has 4 nitrogen and oxygen atoms in total. The van der Waals surface area contributed by atoms with Crippen LogP contribution in [0.4, 0.5) is 0 Å². The van der Waals surface area contributed by atoms with Gasteiger partial charge in [0.05, 0.1) is 16.7 Å². The van der Waals surface area contributed by atoms with Gasteiger partial charge in [-0.25, -0.2) is 9.98 Å². The highest BCUT2D eigenvalue weighted by atomic mass is 32.1. The number of aliphatic imine (C=N–C) groups is 2. The topological polar surface area (TPSA) is 41.7 Å². The van der Waals surface area contributed by atoms with Gasteiger partial charge in [-0.05, 0) is 71.3 Å². The average molecular weight is 765 g/mol. The summed E-state index contributed by atoms with van der Waals surface area (Å²) in [7, 11) is 0. The van der Waals surface area contributed by atoms with Crippen molar-refractivity contribution < 1.29 is 0 Å². The molecule has 0 bridgehead atoms. The van der Waals surface area contributed by atoms with Crippen molar-refractivity contribution in [1.82, 2.24) is 9.88 Å². The van der Waals surface area contributed by atoms with Crippen LogP contribution in [0.25, 0.3) is 79.0 Å². The lowest BCUT2D eigenvalue weighted by Crippen LogP contribution is -2.33. The zero-order chi connectivity index (χ0) is 37.5. The number of amidine groups is 2. The van der Waals surface area contributed by atoms with Gasteiger partial charge in [0.2, 0.25) is 0 Å². The summed E-state index contributed by atoms with van der Waals surface area (Å²) in [6, 6.07) is 65.6. The van der Waals surface area contributed by atoms with E-state index in [4.69, 9.17) is 9.98 Å². The molecule has 3 aromatic heterocycles. The molecule has 0 saturated heterocycles. The Morgan fingerprint density at radius 3 is 1.88 bits per heavy atom. The van der Waals surface area contributed by atoms with Gasteiger partial charge in [0, 0.05) is 62.2 Å². The normalized spacial score (nSPS) is 14.5. The SMILES string of the molecule is c1ccc(C2=NC(c3ccc4sc5cc(-c6ccc7sc8cccc(-n9c%10ccccc%10c%10ccccc%109)c8c7c6)ccc5c4c3)NC(c3ccccc3)=N2)cc1. The van der Waals surface area contributed by atoms with E-state index in [2.05, 4.69) is 155 Å². The molecule has 4 heterocycles. The molecule has 0 saturated carbocycles. The van der Waals surface area contributed by atoms with E-state index in [0.29, 0.717) is 0 Å². The predicted octanol–water partition coefficient (Wildman–Crippen LogP) is 13.7. The molecule has 1 aliphatic rings. The summed E-state index contributed by atoms with van der Waals surface area (Å²) in [5, 5.41) is 11.3. The number of benzene rings is 8. The van der Waals surface area contributed by atoms with Gasteiger partial charge in [-0.2, -0.15) is 0 Å². The molecule has 0 amide bonds. The number of aromatic nitrogens is 1. The van der Waals surface area contributed by atoms with Gasteiger partial charge in [0.25, 0.3) is 0 Å². The number of nitrogens with zero attached hydrogens (tertiary/aromatic N) is 3. The van der Waals surface area contributed by atoms with Crippen molar-refractivity contribution in [3.8, 4) is 16.8 Å². The minimum Gasteiger partial charge on any atom is -0.344 e. The van der Waals surface area contributed by atoms with Gasteiger partial charge in [0.1, 0.15) is 12.0 Å². The van der Waals surface area contributed by atoms with E-state index in [1.54, 1.807) is 0 Å². The Kier molecular flexibility index (Phi) is 7.30.